The fraction of sp³-hybridized carbons (Fsp3) is 0.364. The number of rotatable bonds is 4. The van der Waals surface area contributed by atoms with Gasteiger partial charge in [0.1, 0.15) is 5.01 Å². The highest BCUT2D eigenvalue weighted by Gasteiger charge is 2.34. The molecule has 0 aromatic carbocycles. The van der Waals surface area contributed by atoms with Crippen LogP contribution in [-0.4, -0.2) is 43.5 Å². The Labute approximate surface area is 180 Å². The van der Waals surface area contributed by atoms with Crippen LogP contribution in [0.15, 0.2) is 36.7 Å². The summed E-state index contributed by atoms with van der Waals surface area (Å²) in [4.78, 5) is 4.72. The van der Waals surface area contributed by atoms with Crippen molar-refractivity contribution in [3.63, 3.8) is 0 Å². The average Bonchev–Trinajstić information content (AvgIpc) is 3.34. The first-order chi connectivity index (χ1) is 14.5. The van der Waals surface area contributed by atoms with Gasteiger partial charge in [-0.25, -0.2) is 4.52 Å². The molecule has 1 saturated heterocycles. The maximum atomic E-state index is 5.41. The molecule has 0 bridgehead atoms. The summed E-state index contributed by atoms with van der Waals surface area (Å²) in [5, 5.41) is 18.4. The molecule has 7 nitrogen and oxygen atoms in total. The van der Waals surface area contributed by atoms with E-state index in [9.17, 15) is 0 Å². The number of nitrogens with one attached hydrogen (secondary N) is 1. The van der Waals surface area contributed by atoms with Crippen LogP contribution in [0.1, 0.15) is 31.3 Å². The van der Waals surface area contributed by atoms with Crippen LogP contribution < -0.4 is 5.32 Å². The predicted octanol–water partition coefficient (Wildman–Crippen LogP) is 4.76. The van der Waals surface area contributed by atoms with Crippen LogP contribution in [-0.2, 0) is 4.74 Å². The van der Waals surface area contributed by atoms with E-state index in [4.69, 9.17) is 9.72 Å². The van der Waals surface area contributed by atoms with Crippen LogP contribution in [0, 0.1) is 13.8 Å². The van der Waals surface area contributed by atoms with Crippen LogP contribution >= 0.6 is 11.3 Å². The van der Waals surface area contributed by atoms with Gasteiger partial charge in [0, 0.05) is 11.9 Å². The molecule has 1 aliphatic rings. The number of ether oxygens (including phenoxy) is 1. The molecule has 0 aliphatic carbocycles. The molecule has 1 aliphatic heterocycles. The van der Waals surface area contributed by atoms with Gasteiger partial charge in [0.15, 0.2) is 5.01 Å². The largest absolute Gasteiger partial charge is 0.376 e. The SMILES string of the molecule is CC.Cc1cnn2c(-c3cc(NC4(C)COC4)c(-c4nnc(C)s4)cn3)ccc2c1. The Bertz CT molecular complexity index is 1180. The molecule has 0 atom stereocenters. The smallest absolute Gasteiger partial charge is 0.151 e. The Morgan fingerprint density at radius 1 is 1.10 bits per heavy atom. The van der Waals surface area contributed by atoms with E-state index in [0.29, 0.717) is 13.2 Å². The van der Waals surface area contributed by atoms with Gasteiger partial charge in [-0.3, -0.25) is 4.98 Å². The fourth-order valence-corrected chi connectivity index (χ4v) is 4.09. The molecule has 1 N–H and O–H groups in total. The number of fused-ring (bicyclic) bond motifs is 1. The normalized spacial score (nSPS) is 14.7. The molecule has 5 rings (SSSR count). The van der Waals surface area contributed by atoms with Crippen molar-refractivity contribution < 1.29 is 4.74 Å². The highest BCUT2D eigenvalue weighted by molar-refractivity contribution is 7.14. The molecule has 0 radical (unpaired) electrons. The first kappa shape index (κ1) is 20.4. The van der Waals surface area contributed by atoms with E-state index in [0.717, 1.165) is 43.7 Å². The number of aryl methyl sites for hydroxylation is 2. The van der Waals surface area contributed by atoms with Gasteiger partial charge in [0.2, 0.25) is 0 Å². The van der Waals surface area contributed by atoms with Crippen molar-refractivity contribution in [2.24, 2.45) is 0 Å². The van der Waals surface area contributed by atoms with Gasteiger partial charge >= 0.3 is 0 Å². The standard InChI is InChI=1S/C20H20N6OS.C2H6/c1-12-6-14-4-5-18(26(14)22-8-12)17-7-16(23-20(3)10-27-11-20)15(9-21-17)19-25-24-13(2)28-19;1-2/h4-9H,10-11H2,1-3H3,(H,21,23);1-2H3. The molecule has 0 spiro atoms. The summed E-state index contributed by atoms with van der Waals surface area (Å²) >= 11 is 1.56. The van der Waals surface area contributed by atoms with E-state index >= 15 is 0 Å². The minimum atomic E-state index is -0.0936. The van der Waals surface area contributed by atoms with Crippen LogP contribution in [0.4, 0.5) is 5.69 Å². The lowest BCUT2D eigenvalue weighted by Gasteiger charge is -2.40. The molecule has 0 amide bonds. The van der Waals surface area contributed by atoms with Gasteiger partial charge in [0.05, 0.1) is 47.4 Å². The number of hydrogen-bond donors (Lipinski definition) is 1. The van der Waals surface area contributed by atoms with Crippen molar-refractivity contribution in [1.29, 1.82) is 0 Å². The third-order valence-electron chi connectivity index (χ3n) is 4.84. The molecule has 0 saturated carbocycles. The topological polar surface area (TPSA) is 77.2 Å². The van der Waals surface area contributed by atoms with Gasteiger partial charge in [-0.15, -0.1) is 10.2 Å². The highest BCUT2D eigenvalue weighted by atomic mass is 32.1. The summed E-state index contributed by atoms with van der Waals surface area (Å²) in [7, 11) is 0. The van der Waals surface area contributed by atoms with Gasteiger partial charge in [0.25, 0.3) is 0 Å². The van der Waals surface area contributed by atoms with Gasteiger partial charge in [-0.1, -0.05) is 25.2 Å². The third kappa shape index (κ3) is 3.80. The van der Waals surface area contributed by atoms with Crippen molar-refractivity contribution in [1.82, 2.24) is 24.8 Å². The number of aromatic nitrogens is 5. The van der Waals surface area contributed by atoms with E-state index in [1.807, 2.05) is 44.6 Å². The first-order valence-corrected chi connectivity index (χ1v) is 10.9. The molecule has 1 fully saturated rings. The van der Waals surface area contributed by atoms with Crippen LogP contribution in [0.25, 0.3) is 27.5 Å². The summed E-state index contributed by atoms with van der Waals surface area (Å²) in [5.74, 6) is 0. The van der Waals surface area contributed by atoms with Gasteiger partial charge < -0.3 is 10.1 Å². The van der Waals surface area contributed by atoms with E-state index in [1.165, 1.54) is 0 Å². The zero-order valence-electron chi connectivity index (χ0n) is 17.9. The molecular formula is C22H26N6OS. The van der Waals surface area contributed by atoms with E-state index in [-0.39, 0.29) is 5.54 Å². The molecular weight excluding hydrogens is 396 g/mol. The molecule has 8 heteroatoms. The molecule has 4 aromatic rings. The second-order valence-corrected chi connectivity index (χ2v) is 8.69. The lowest BCUT2D eigenvalue weighted by molar-refractivity contribution is -0.0318. The fourth-order valence-electron chi connectivity index (χ4n) is 3.38. The first-order valence-electron chi connectivity index (χ1n) is 10.1. The van der Waals surface area contributed by atoms with E-state index in [2.05, 4.69) is 51.8 Å². The Hall–Kier alpha value is -2.84. The molecule has 0 unspecified atom stereocenters. The van der Waals surface area contributed by atoms with Crippen molar-refractivity contribution in [2.75, 3.05) is 18.5 Å². The minimum absolute atomic E-state index is 0.0936. The zero-order valence-corrected chi connectivity index (χ0v) is 18.7. The second kappa shape index (κ2) is 8.12. The number of hydrogen-bond acceptors (Lipinski definition) is 7. The van der Waals surface area contributed by atoms with Crippen molar-refractivity contribution in [3.05, 3.63) is 47.2 Å². The minimum Gasteiger partial charge on any atom is -0.376 e. The second-order valence-electron chi connectivity index (χ2n) is 7.51. The Kier molecular flexibility index (Phi) is 5.53. The molecule has 30 heavy (non-hydrogen) atoms. The zero-order chi connectivity index (χ0) is 21.3. The van der Waals surface area contributed by atoms with Crippen molar-refractivity contribution in [3.8, 4) is 22.0 Å². The Morgan fingerprint density at radius 2 is 1.90 bits per heavy atom. The van der Waals surface area contributed by atoms with Crippen molar-refractivity contribution >= 4 is 22.5 Å². The quantitative estimate of drug-likeness (QED) is 0.511. The Morgan fingerprint density at radius 3 is 2.57 bits per heavy atom. The lowest BCUT2D eigenvalue weighted by atomic mass is 9.99. The highest BCUT2D eigenvalue weighted by Crippen LogP contribution is 2.35. The molecule has 156 valence electrons. The number of nitrogens with zero attached hydrogens (tertiary/aromatic N) is 5. The summed E-state index contributed by atoms with van der Waals surface area (Å²) in [6.07, 6.45) is 3.73. The third-order valence-corrected chi connectivity index (χ3v) is 5.71. The summed E-state index contributed by atoms with van der Waals surface area (Å²) in [6.45, 7) is 11.5. The molecule has 4 aromatic heterocycles. The van der Waals surface area contributed by atoms with Crippen molar-refractivity contribution in [2.45, 2.75) is 40.2 Å². The Balaban J connectivity index is 0.00000106. The van der Waals surface area contributed by atoms with E-state index in [1.54, 1.807) is 11.3 Å². The summed E-state index contributed by atoms with van der Waals surface area (Å²) in [6, 6.07) is 8.30. The number of anilines is 1. The number of pyridine rings is 1. The summed E-state index contributed by atoms with van der Waals surface area (Å²) < 4.78 is 7.33. The van der Waals surface area contributed by atoms with Gasteiger partial charge in [-0.2, -0.15) is 5.10 Å². The summed E-state index contributed by atoms with van der Waals surface area (Å²) in [5.41, 5.74) is 5.83. The lowest BCUT2D eigenvalue weighted by Crippen LogP contribution is -2.53. The molecule has 5 heterocycles. The van der Waals surface area contributed by atoms with Gasteiger partial charge in [-0.05, 0) is 50.6 Å². The average molecular weight is 423 g/mol. The van der Waals surface area contributed by atoms with Crippen LogP contribution in [0.2, 0.25) is 0 Å². The van der Waals surface area contributed by atoms with Crippen LogP contribution in [0.5, 0.6) is 0 Å². The van der Waals surface area contributed by atoms with Crippen LogP contribution in [0.3, 0.4) is 0 Å². The predicted molar refractivity (Wildman–Crippen MR) is 121 cm³/mol. The monoisotopic (exact) mass is 422 g/mol. The van der Waals surface area contributed by atoms with E-state index < -0.39 is 0 Å². The maximum absolute atomic E-state index is 5.41. The maximum Gasteiger partial charge on any atom is 0.151 e.